The number of rotatable bonds is 6. The molecule has 1 aromatic heterocycles. The molecule has 3 rings (SSSR count). The highest BCUT2D eigenvalue weighted by molar-refractivity contribution is 6.30. The molecule has 0 radical (unpaired) electrons. The van der Waals surface area contributed by atoms with Crippen LogP contribution in [0.1, 0.15) is 31.7 Å². The number of carboxylic acid groups (broad SMARTS) is 1. The molecule has 0 bridgehead atoms. The van der Waals surface area contributed by atoms with Crippen molar-refractivity contribution < 1.29 is 15.0 Å². The average molecular weight is 364 g/mol. The van der Waals surface area contributed by atoms with Crippen molar-refractivity contribution in [1.29, 1.82) is 0 Å². The van der Waals surface area contributed by atoms with Crippen LogP contribution in [0.2, 0.25) is 5.02 Å². The lowest BCUT2D eigenvalue weighted by Crippen LogP contribution is -2.52. The van der Waals surface area contributed by atoms with Gasteiger partial charge in [-0.05, 0) is 56.2 Å². The lowest BCUT2D eigenvalue weighted by molar-refractivity contribution is -0.168. The maximum Gasteiger partial charge on any atom is 0.312 e. The Morgan fingerprint density at radius 2 is 2.12 bits per heavy atom. The maximum atomic E-state index is 11.9. The third-order valence-electron chi connectivity index (χ3n) is 5.68. The van der Waals surface area contributed by atoms with Gasteiger partial charge in [-0.25, -0.2) is 4.98 Å². The Hall–Kier alpha value is -1.92. The van der Waals surface area contributed by atoms with Crippen molar-refractivity contribution in [3.05, 3.63) is 47.5 Å². The first-order chi connectivity index (χ1) is 11.8. The van der Waals surface area contributed by atoms with Crippen LogP contribution in [0.4, 0.5) is 0 Å². The molecular formula is C18H22ClN3O3. The van der Waals surface area contributed by atoms with Gasteiger partial charge in [0.05, 0.1) is 11.0 Å². The van der Waals surface area contributed by atoms with Crippen molar-refractivity contribution in [3.63, 3.8) is 0 Å². The van der Waals surface area contributed by atoms with Crippen LogP contribution in [-0.2, 0) is 17.8 Å². The summed E-state index contributed by atoms with van der Waals surface area (Å²) in [6, 6.07) is 7.49. The summed E-state index contributed by atoms with van der Waals surface area (Å²) < 4.78 is 1.62. The van der Waals surface area contributed by atoms with Gasteiger partial charge in [0.15, 0.2) is 0 Å². The summed E-state index contributed by atoms with van der Waals surface area (Å²) in [4.78, 5) is 15.8. The number of hydrogen-bond acceptors (Lipinski definition) is 4. The zero-order chi connectivity index (χ0) is 18.1. The van der Waals surface area contributed by atoms with E-state index in [9.17, 15) is 15.0 Å². The zero-order valence-corrected chi connectivity index (χ0v) is 14.9. The number of carboxylic acids is 1. The SMILES string of the molecule is C[C@@]1(C(=O)O)CC[C@@H](Cc2ccc(Cl)cc2)[C@@]1(O)CCn1cncn1. The number of nitrogens with zero attached hydrogens (tertiary/aromatic N) is 3. The van der Waals surface area contributed by atoms with Gasteiger partial charge in [-0.2, -0.15) is 5.10 Å². The molecule has 134 valence electrons. The van der Waals surface area contributed by atoms with Crippen LogP contribution in [0.15, 0.2) is 36.9 Å². The summed E-state index contributed by atoms with van der Waals surface area (Å²) in [7, 11) is 0. The van der Waals surface area contributed by atoms with Crippen molar-refractivity contribution in [2.24, 2.45) is 11.3 Å². The number of aromatic nitrogens is 3. The molecular weight excluding hydrogens is 342 g/mol. The highest BCUT2D eigenvalue weighted by Crippen LogP contribution is 2.53. The van der Waals surface area contributed by atoms with E-state index in [1.807, 2.05) is 24.3 Å². The van der Waals surface area contributed by atoms with E-state index >= 15 is 0 Å². The third-order valence-corrected chi connectivity index (χ3v) is 5.93. The van der Waals surface area contributed by atoms with Crippen molar-refractivity contribution in [3.8, 4) is 0 Å². The summed E-state index contributed by atoms with van der Waals surface area (Å²) in [5.41, 5.74) is -1.45. The summed E-state index contributed by atoms with van der Waals surface area (Å²) in [5, 5.41) is 26.0. The fourth-order valence-corrected chi connectivity index (χ4v) is 4.08. The van der Waals surface area contributed by atoms with E-state index < -0.39 is 17.0 Å². The van der Waals surface area contributed by atoms with Gasteiger partial charge < -0.3 is 10.2 Å². The Bertz CT molecular complexity index is 735. The molecule has 3 atom stereocenters. The molecule has 0 unspecified atom stereocenters. The summed E-state index contributed by atoms with van der Waals surface area (Å²) in [6.45, 7) is 2.08. The monoisotopic (exact) mass is 363 g/mol. The largest absolute Gasteiger partial charge is 0.481 e. The van der Waals surface area contributed by atoms with Gasteiger partial charge in [-0.3, -0.25) is 9.48 Å². The lowest BCUT2D eigenvalue weighted by atomic mass is 9.69. The summed E-state index contributed by atoms with van der Waals surface area (Å²) in [5.74, 6) is -1.09. The van der Waals surface area contributed by atoms with Gasteiger partial charge in [0, 0.05) is 11.6 Å². The summed E-state index contributed by atoms with van der Waals surface area (Å²) >= 11 is 5.94. The number of benzene rings is 1. The Labute approximate surface area is 151 Å². The van der Waals surface area contributed by atoms with Crippen LogP contribution >= 0.6 is 11.6 Å². The topological polar surface area (TPSA) is 88.2 Å². The third kappa shape index (κ3) is 3.28. The van der Waals surface area contributed by atoms with E-state index in [1.54, 1.807) is 17.9 Å². The van der Waals surface area contributed by atoms with Gasteiger partial charge in [0.2, 0.25) is 0 Å². The number of aliphatic carboxylic acids is 1. The van der Waals surface area contributed by atoms with Crippen LogP contribution in [0, 0.1) is 11.3 Å². The molecule has 1 aromatic carbocycles. The zero-order valence-electron chi connectivity index (χ0n) is 14.1. The second-order valence-corrected chi connectivity index (χ2v) is 7.47. The van der Waals surface area contributed by atoms with Crippen molar-refractivity contribution in [2.75, 3.05) is 0 Å². The maximum absolute atomic E-state index is 11.9. The average Bonchev–Trinajstić information content (AvgIpc) is 3.18. The standard InChI is InChI=1S/C18H22ClN3O3/c1-17(16(23)24)7-6-14(10-13-2-4-15(19)5-3-13)18(17,25)8-9-22-12-20-11-21-22/h2-5,11-12,14,25H,6-10H2,1H3,(H,23,24)/t14-,17-,18-/m0/s1. The molecule has 0 amide bonds. The molecule has 1 heterocycles. The predicted octanol–water partition coefficient (Wildman–Crippen LogP) is 2.80. The van der Waals surface area contributed by atoms with E-state index in [2.05, 4.69) is 10.1 Å². The molecule has 6 nitrogen and oxygen atoms in total. The van der Waals surface area contributed by atoms with Gasteiger partial charge >= 0.3 is 5.97 Å². The molecule has 2 N–H and O–H groups in total. The van der Waals surface area contributed by atoms with Crippen LogP contribution in [0.3, 0.4) is 0 Å². The van der Waals surface area contributed by atoms with Crippen LogP contribution in [0.5, 0.6) is 0 Å². The quantitative estimate of drug-likeness (QED) is 0.823. The van der Waals surface area contributed by atoms with Gasteiger partial charge in [0.1, 0.15) is 12.7 Å². The smallest absolute Gasteiger partial charge is 0.312 e. The minimum Gasteiger partial charge on any atom is -0.481 e. The van der Waals surface area contributed by atoms with Gasteiger partial charge in [-0.15, -0.1) is 0 Å². The Balaban J connectivity index is 1.84. The van der Waals surface area contributed by atoms with Crippen LogP contribution < -0.4 is 0 Å². The highest BCUT2D eigenvalue weighted by Gasteiger charge is 2.60. The van der Waals surface area contributed by atoms with E-state index in [0.717, 1.165) is 5.56 Å². The number of aryl methyl sites for hydroxylation is 1. The Kier molecular flexibility index (Phi) is 4.84. The van der Waals surface area contributed by atoms with E-state index in [-0.39, 0.29) is 5.92 Å². The minimum atomic E-state index is -1.32. The molecule has 2 aromatic rings. The van der Waals surface area contributed by atoms with E-state index in [1.165, 1.54) is 6.33 Å². The van der Waals surface area contributed by atoms with E-state index in [0.29, 0.717) is 37.3 Å². The first-order valence-corrected chi connectivity index (χ1v) is 8.75. The molecule has 7 heteroatoms. The Morgan fingerprint density at radius 3 is 2.72 bits per heavy atom. The van der Waals surface area contributed by atoms with E-state index in [4.69, 9.17) is 11.6 Å². The number of aliphatic hydroxyl groups is 1. The molecule has 25 heavy (non-hydrogen) atoms. The number of carbonyl (C=O) groups is 1. The fourth-order valence-electron chi connectivity index (χ4n) is 3.95. The van der Waals surface area contributed by atoms with Crippen molar-refractivity contribution in [2.45, 2.75) is 44.8 Å². The molecule has 1 fully saturated rings. The molecule has 0 saturated heterocycles. The molecule has 0 spiro atoms. The predicted molar refractivity (Wildman–Crippen MR) is 93.2 cm³/mol. The van der Waals surface area contributed by atoms with Gasteiger partial charge in [0.25, 0.3) is 0 Å². The normalized spacial score (nSPS) is 29.0. The lowest BCUT2D eigenvalue weighted by Gasteiger charge is -2.40. The van der Waals surface area contributed by atoms with Crippen LogP contribution in [0.25, 0.3) is 0 Å². The highest BCUT2D eigenvalue weighted by atomic mass is 35.5. The van der Waals surface area contributed by atoms with Gasteiger partial charge in [-0.1, -0.05) is 23.7 Å². The fraction of sp³-hybridized carbons (Fsp3) is 0.500. The molecule has 0 aliphatic heterocycles. The Morgan fingerprint density at radius 1 is 1.40 bits per heavy atom. The molecule has 1 aliphatic carbocycles. The second kappa shape index (κ2) is 6.77. The van der Waals surface area contributed by atoms with Crippen LogP contribution in [-0.4, -0.2) is 36.5 Å². The summed E-state index contributed by atoms with van der Waals surface area (Å²) in [6.07, 6.45) is 5.06. The first-order valence-electron chi connectivity index (χ1n) is 8.38. The number of hydrogen-bond donors (Lipinski definition) is 2. The molecule has 1 saturated carbocycles. The van der Waals surface area contributed by atoms with Crippen molar-refractivity contribution in [1.82, 2.24) is 14.8 Å². The first kappa shape index (κ1) is 17.9. The minimum absolute atomic E-state index is 0.140. The second-order valence-electron chi connectivity index (χ2n) is 7.04. The molecule has 1 aliphatic rings. The van der Waals surface area contributed by atoms with Crippen molar-refractivity contribution >= 4 is 17.6 Å². The number of halogens is 1.